The molecule has 3 heteroatoms. The average Bonchev–Trinajstić information content (AvgIpc) is 2.84. The van der Waals surface area contributed by atoms with E-state index in [1.807, 2.05) is 6.07 Å². The Morgan fingerprint density at radius 3 is 2.61 bits per heavy atom. The van der Waals surface area contributed by atoms with Crippen LogP contribution in [-0.4, -0.2) is 0 Å². The highest BCUT2D eigenvalue weighted by Crippen LogP contribution is 2.37. The zero-order valence-electron chi connectivity index (χ0n) is 20.0. The second kappa shape index (κ2) is 12.4. The van der Waals surface area contributed by atoms with E-state index in [0.717, 1.165) is 22.2 Å². The fourth-order valence-corrected chi connectivity index (χ4v) is 4.91. The Bertz CT molecular complexity index is 875. The number of benzene rings is 1. The van der Waals surface area contributed by atoms with Crippen molar-refractivity contribution in [3.05, 3.63) is 80.3 Å². The summed E-state index contributed by atoms with van der Waals surface area (Å²) in [6.45, 7) is 13.8. The van der Waals surface area contributed by atoms with E-state index in [1.54, 1.807) is 6.07 Å². The van der Waals surface area contributed by atoms with Crippen LogP contribution >= 0.6 is 15.9 Å². The summed E-state index contributed by atoms with van der Waals surface area (Å²) >= 11 is 3.77. The van der Waals surface area contributed by atoms with Crippen molar-refractivity contribution in [3.63, 3.8) is 0 Å². The van der Waals surface area contributed by atoms with Gasteiger partial charge >= 0.3 is 0 Å². The Hall–Kier alpha value is -1.61. The maximum atomic E-state index is 13.5. The lowest BCUT2D eigenvalue weighted by Crippen LogP contribution is -2.05. The van der Waals surface area contributed by atoms with E-state index in [0.29, 0.717) is 18.4 Å². The SMILES string of the molecule is CCCCC(C=C(C)C(C)C1=C(C)CC(C)=C(OCc2cccc(F)c2)C(Br)=C1)CC. The van der Waals surface area contributed by atoms with Crippen LogP contribution in [0, 0.1) is 17.7 Å². The van der Waals surface area contributed by atoms with E-state index in [9.17, 15) is 4.39 Å². The maximum Gasteiger partial charge on any atom is 0.133 e. The molecule has 2 atom stereocenters. The van der Waals surface area contributed by atoms with Crippen molar-refractivity contribution in [1.82, 2.24) is 0 Å². The first-order valence-electron chi connectivity index (χ1n) is 11.6. The first kappa shape index (κ1) is 25.6. The fourth-order valence-electron chi connectivity index (χ4n) is 4.21. The van der Waals surface area contributed by atoms with Gasteiger partial charge in [-0.1, -0.05) is 63.0 Å². The molecule has 0 amide bonds. The van der Waals surface area contributed by atoms with Gasteiger partial charge in [-0.15, -0.1) is 0 Å². The summed E-state index contributed by atoms with van der Waals surface area (Å²) in [6, 6.07) is 6.59. The summed E-state index contributed by atoms with van der Waals surface area (Å²) < 4.78 is 20.6. The van der Waals surface area contributed by atoms with Gasteiger partial charge in [0.25, 0.3) is 0 Å². The van der Waals surface area contributed by atoms with E-state index in [1.165, 1.54) is 60.1 Å². The van der Waals surface area contributed by atoms with Crippen LogP contribution < -0.4 is 0 Å². The molecule has 0 spiro atoms. The van der Waals surface area contributed by atoms with Gasteiger partial charge in [0.15, 0.2) is 0 Å². The van der Waals surface area contributed by atoms with Gasteiger partial charge in [-0.05, 0) is 96.8 Å². The molecule has 1 aliphatic carbocycles. The Morgan fingerprint density at radius 2 is 1.97 bits per heavy atom. The number of allylic oxidation sites excluding steroid dienone is 7. The first-order chi connectivity index (χ1) is 14.8. The second-order valence-electron chi connectivity index (χ2n) is 8.88. The highest BCUT2D eigenvalue weighted by atomic mass is 79.9. The average molecular weight is 490 g/mol. The maximum absolute atomic E-state index is 13.5. The molecule has 0 bridgehead atoms. The summed E-state index contributed by atoms with van der Waals surface area (Å²) in [6.07, 6.45) is 10.6. The van der Waals surface area contributed by atoms with Crippen molar-refractivity contribution < 1.29 is 9.13 Å². The van der Waals surface area contributed by atoms with Crippen LogP contribution in [0.5, 0.6) is 0 Å². The summed E-state index contributed by atoms with van der Waals surface area (Å²) in [5, 5.41) is 0. The fraction of sp³-hybridized carbons (Fsp3) is 0.500. The van der Waals surface area contributed by atoms with Crippen LogP contribution in [0.2, 0.25) is 0 Å². The van der Waals surface area contributed by atoms with Gasteiger partial charge in [0.05, 0.1) is 4.48 Å². The molecule has 0 heterocycles. The number of halogens is 2. The topological polar surface area (TPSA) is 9.23 Å². The second-order valence-corrected chi connectivity index (χ2v) is 9.73. The van der Waals surface area contributed by atoms with Crippen LogP contribution in [0.25, 0.3) is 0 Å². The quantitative estimate of drug-likeness (QED) is 0.298. The highest BCUT2D eigenvalue weighted by molar-refractivity contribution is 9.12. The number of unbranched alkanes of at least 4 members (excludes halogenated alkanes) is 1. The minimum absolute atomic E-state index is 0.234. The summed E-state index contributed by atoms with van der Waals surface area (Å²) in [5.74, 6) is 1.65. The van der Waals surface area contributed by atoms with Gasteiger partial charge in [-0.3, -0.25) is 0 Å². The molecule has 0 fully saturated rings. The van der Waals surface area contributed by atoms with Crippen molar-refractivity contribution in [2.45, 2.75) is 80.3 Å². The van der Waals surface area contributed by atoms with Crippen molar-refractivity contribution in [3.8, 4) is 0 Å². The van der Waals surface area contributed by atoms with E-state index in [-0.39, 0.29) is 5.82 Å². The summed E-state index contributed by atoms with van der Waals surface area (Å²) in [5.41, 5.74) is 6.20. The van der Waals surface area contributed by atoms with Crippen LogP contribution in [-0.2, 0) is 11.3 Å². The molecule has 2 unspecified atom stereocenters. The molecule has 1 aliphatic rings. The summed E-state index contributed by atoms with van der Waals surface area (Å²) in [7, 11) is 0. The van der Waals surface area contributed by atoms with Gasteiger partial charge < -0.3 is 4.74 Å². The normalized spacial score (nSPS) is 17.4. The molecule has 2 rings (SSSR count). The van der Waals surface area contributed by atoms with Crippen LogP contribution in [0.4, 0.5) is 4.39 Å². The molecule has 0 radical (unpaired) electrons. The van der Waals surface area contributed by atoms with Crippen molar-refractivity contribution in [2.75, 3.05) is 0 Å². The predicted octanol–water partition coefficient (Wildman–Crippen LogP) is 9.41. The molecular weight excluding hydrogens is 451 g/mol. The van der Waals surface area contributed by atoms with Crippen molar-refractivity contribution >= 4 is 15.9 Å². The standard InChI is InChI=1S/C28H38BrFO/c1-7-9-11-23(8-2)15-19(3)22(6)26-17-27(29)28(21(5)14-20(26)4)31-18-24-12-10-13-25(30)16-24/h10,12-13,15-17,22-23H,7-9,11,14,18H2,1-6H3. The van der Waals surface area contributed by atoms with E-state index < -0.39 is 0 Å². The monoisotopic (exact) mass is 488 g/mol. The molecule has 0 saturated heterocycles. The number of ether oxygens (including phenoxy) is 1. The van der Waals surface area contributed by atoms with Gasteiger partial charge in [0, 0.05) is 5.92 Å². The van der Waals surface area contributed by atoms with E-state index in [2.05, 4.69) is 69.6 Å². The largest absolute Gasteiger partial charge is 0.488 e. The van der Waals surface area contributed by atoms with E-state index >= 15 is 0 Å². The van der Waals surface area contributed by atoms with Gasteiger partial charge in [0.1, 0.15) is 18.2 Å². The predicted molar refractivity (Wildman–Crippen MR) is 134 cm³/mol. The smallest absolute Gasteiger partial charge is 0.133 e. The minimum Gasteiger partial charge on any atom is -0.488 e. The molecule has 1 aromatic carbocycles. The van der Waals surface area contributed by atoms with Crippen LogP contribution in [0.15, 0.2) is 69.0 Å². The highest BCUT2D eigenvalue weighted by Gasteiger charge is 2.20. The minimum atomic E-state index is -0.234. The third-order valence-corrected chi connectivity index (χ3v) is 6.87. The van der Waals surface area contributed by atoms with Gasteiger partial charge in [-0.2, -0.15) is 0 Å². The van der Waals surface area contributed by atoms with Crippen molar-refractivity contribution in [2.24, 2.45) is 11.8 Å². The Kier molecular flexibility index (Phi) is 10.3. The lowest BCUT2D eigenvalue weighted by Gasteiger charge is -2.20. The zero-order valence-corrected chi connectivity index (χ0v) is 21.6. The molecule has 1 nitrogen and oxygen atoms in total. The van der Waals surface area contributed by atoms with Crippen molar-refractivity contribution in [1.29, 1.82) is 0 Å². The van der Waals surface area contributed by atoms with Gasteiger partial charge in [-0.25, -0.2) is 4.39 Å². The molecule has 31 heavy (non-hydrogen) atoms. The molecule has 1 aromatic rings. The molecule has 0 saturated carbocycles. The Balaban J connectivity index is 2.20. The summed E-state index contributed by atoms with van der Waals surface area (Å²) in [4.78, 5) is 0. The van der Waals surface area contributed by atoms with E-state index in [4.69, 9.17) is 4.74 Å². The number of rotatable bonds is 10. The van der Waals surface area contributed by atoms with Crippen LogP contribution in [0.3, 0.4) is 0 Å². The molecule has 0 aliphatic heterocycles. The third-order valence-electron chi connectivity index (χ3n) is 6.28. The Labute approximate surface area is 197 Å². The third kappa shape index (κ3) is 7.49. The molecule has 170 valence electrons. The zero-order chi connectivity index (χ0) is 23.0. The lowest BCUT2D eigenvalue weighted by molar-refractivity contribution is 0.206. The Morgan fingerprint density at radius 1 is 1.23 bits per heavy atom. The lowest BCUT2D eigenvalue weighted by atomic mass is 9.86. The molecule has 0 N–H and O–H groups in total. The molecular formula is C28H38BrFO. The number of hydrogen-bond donors (Lipinski definition) is 0. The molecule has 0 aromatic heterocycles. The van der Waals surface area contributed by atoms with Gasteiger partial charge in [0.2, 0.25) is 0 Å². The first-order valence-corrected chi connectivity index (χ1v) is 12.4. The van der Waals surface area contributed by atoms with Crippen LogP contribution in [0.1, 0.15) is 79.2 Å². The number of hydrogen-bond acceptors (Lipinski definition) is 1.